The van der Waals surface area contributed by atoms with Gasteiger partial charge in [0.2, 0.25) is 0 Å². The van der Waals surface area contributed by atoms with Crippen LogP contribution < -0.4 is 0 Å². The summed E-state index contributed by atoms with van der Waals surface area (Å²) in [6.45, 7) is 9.80. The van der Waals surface area contributed by atoms with Crippen LogP contribution in [0.1, 0.15) is 31.9 Å². The van der Waals surface area contributed by atoms with Crippen LogP contribution in [0.3, 0.4) is 0 Å². The Morgan fingerprint density at radius 3 is 2.25 bits per heavy atom. The summed E-state index contributed by atoms with van der Waals surface area (Å²) in [6, 6.07) is 14.4. The average Bonchev–Trinajstić information content (AvgIpc) is 2.84. The molecule has 3 aromatic rings. The minimum absolute atomic E-state index is 0.352. The van der Waals surface area contributed by atoms with E-state index in [1.54, 1.807) is 4.57 Å². The molecular weight excluding hydrogens is 298 g/mol. The lowest BCUT2D eigenvalue weighted by Crippen LogP contribution is -2.26. The maximum atomic E-state index is 12.6. The van der Waals surface area contributed by atoms with Crippen LogP contribution in [-0.2, 0) is 4.74 Å². The molecule has 0 aliphatic carbocycles. The van der Waals surface area contributed by atoms with Crippen LogP contribution in [0.2, 0.25) is 0 Å². The second-order valence-corrected chi connectivity index (χ2v) is 7.29. The molecule has 0 aliphatic heterocycles. The fraction of sp³-hybridized carbons (Fsp3) is 0.286. The zero-order valence-corrected chi connectivity index (χ0v) is 14.9. The molecule has 3 heteroatoms. The van der Waals surface area contributed by atoms with Crippen molar-refractivity contribution in [1.29, 1.82) is 0 Å². The van der Waals surface area contributed by atoms with Gasteiger partial charge in [-0.2, -0.15) is 0 Å². The van der Waals surface area contributed by atoms with Gasteiger partial charge in [-0.25, -0.2) is 4.79 Å². The van der Waals surface area contributed by atoms with Gasteiger partial charge in [-0.3, -0.25) is 4.57 Å². The van der Waals surface area contributed by atoms with E-state index in [-0.39, 0.29) is 6.09 Å². The summed E-state index contributed by atoms with van der Waals surface area (Å²) in [5, 5.41) is 1.05. The minimum atomic E-state index is -0.525. The molecule has 0 saturated heterocycles. The summed E-state index contributed by atoms with van der Waals surface area (Å²) in [4.78, 5) is 12.6. The summed E-state index contributed by atoms with van der Waals surface area (Å²) in [7, 11) is 0. The van der Waals surface area contributed by atoms with E-state index in [1.165, 1.54) is 11.1 Å². The fourth-order valence-corrected chi connectivity index (χ4v) is 3.00. The molecule has 0 amide bonds. The topological polar surface area (TPSA) is 31.2 Å². The molecule has 0 saturated carbocycles. The molecule has 0 unspecified atom stereocenters. The molecule has 1 heterocycles. The molecule has 2 aromatic carbocycles. The number of benzene rings is 2. The number of hydrogen-bond acceptors (Lipinski definition) is 2. The zero-order chi connectivity index (χ0) is 17.5. The summed E-state index contributed by atoms with van der Waals surface area (Å²) in [5.74, 6) is 0. The fourth-order valence-electron chi connectivity index (χ4n) is 3.00. The van der Waals surface area contributed by atoms with Crippen molar-refractivity contribution >= 4 is 17.0 Å². The second kappa shape index (κ2) is 5.82. The van der Waals surface area contributed by atoms with Crippen molar-refractivity contribution in [2.24, 2.45) is 0 Å². The van der Waals surface area contributed by atoms with Crippen LogP contribution in [-0.4, -0.2) is 16.3 Å². The lowest BCUT2D eigenvalue weighted by molar-refractivity contribution is 0.0544. The Balaban J connectivity index is 2.18. The second-order valence-electron chi connectivity index (χ2n) is 7.29. The standard InChI is InChI=1S/C21H23NO2/c1-14-10-15(2)12-16(11-14)18-13-22(20(23)24-21(3,4)5)19-9-7-6-8-17(18)19/h6-13H,1-5H3. The molecule has 0 fully saturated rings. The van der Waals surface area contributed by atoms with Crippen LogP contribution in [0.15, 0.2) is 48.7 Å². The molecule has 24 heavy (non-hydrogen) atoms. The van der Waals surface area contributed by atoms with Crippen molar-refractivity contribution in [3.8, 4) is 11.1 Å². The van der Waals surface area contributed by atoms with E-state index in [9.17, 15) is 4.79 Å². The molecule has 0 bridgehead atoms. The van der Waals surface area contributed by atoms with E-state index in [0.717, 1.165) is 22.0 Å². The molecular formula is C21H23NO2. The maximum Gasteiger partial charge on any atom is 0.419 e. The Bertz CT molecular complexity index is 893. The van der Waals surface area contributed by atoms with E-state index in [0.29, 0.717) is 0 Å². The zero-order valence-electron chi connectivity index (χ0n) is 14.9. The summed E-state index contributed by atoms with van der Waals surface area (Å²) < 4.78 is 7.16. The number of aryl methyl sites for hydroxylation is 2. The first-order valence-corrected chi connectivity index (χ1v) is 8.17. The Labute approximate surface area is 142 Å². The summed E-state index contributed by atoms with van der Waals surface area (Å²) in [6.07, 6.45) is 1.53. The molecule has 0 aliphatic rings. The quantitative estimate of drug-likeness (QED) is 0.575. The molecule has 0 N–H and O–H groups in total. The van der Waals surface area contributed by atoms with Crippen LogP contribution in [0.5, 0.6) is 0 Å². The van der Waals surface area contributed by atoms with Crippen LogP contribution in [0, 0.1) is 13.8 Å². The van der Waals surface area contributed by atoms with Gasteiger partial charge in [-0.15, -0.1) is 0 Å². The first-order valence-electron chi connectivity index (χ1n) is 8.17. The largest absolute Gasteiger partial charge is 0.443 e. The number of ether oxygens (including phenoxy) is 1. The van der Waals surface area contributed by atoms with Crippen molar-refractivity contribution in [3.05, 3.63) is 59.8 Å². The number of aromatic nitrogens is 1. The van der Waals surface area contributed by atoms with Gasteiger partial charge in [-0.1, -0.05) is 47.5 Å². The highest BCUT2D eigenvalue weighted by atomic mass is 16.6. The van der Waals surface area contributed by atoms with Crippen molar-refractivity contribution in [1.82, 2.24) is 4.57 Å². The SMILES string of the molecule is Cc1cc(C)cc(-c2cn(C(=O)OC(C)(C)C)c3ccccc23)c1. The maximum absolute atomic E-state index is 12.6. The van der Waals surface area contributed by atoms with Crippen molar-refractivity contribution in [2.75, 3.05) is 0 Å². The highest BCUT2D eigenvalue weighted by molar-refractivity contribution is 6.00. The molecule has 0 radical (unpaired) electrons. The Morgan fingerprint density at radius 1 is 1.00 bits per heavy atom. The van der Waals surface area contributed by atoms with Gasteiger partial charge in [0.05, 0.1) is 5.52 Å². The van der Waals surface area contributed by atoms with E-state index in [2.05, 4.69) is 32.0 Å². The van der Waals surface area contributed by atoms with Crippen molar-refractivity contribution in [3.63, 3.8) is 0 Å². The van der Waals surface area contributed by atoms with E-state index in [1.807, 2.05) is 51.2 Å². The number of carbonyl (C=O) groups excluding carboxylic acids is 1. The minimum Gasteiger partial charge on any atom is -0.443 e. The van der Waals surface area contributed by atoms with Gasteiger partial charge in [0.25, 0.3) is 0 Å². The lowest BCUT2D eigenvalue weighted by Gasteiger charge is -2.19. The highest BCUT2D eigenvalue weighted by Crippen LogP contribution is 2.32. The predicted octanol–water partition coefficient (Wildman–Crippen LogP) is 5.71. The number of hydrogen-bond donors (Lipinski definition) is 0. The summed E-state index contributed by atoms with van der Waals surface area (Å²) in [5.41, 5.74) is 4.91. The molecule has 1 aromatic heterocycles. The van der Waals surface area contributed by atoms with E-state index >= 15 is 0 Å². The summed E-state index contributed by atoms with van der Waals surface area (Å²) >= 11 is 0. The number of fused-ring (bicyclic) bond motifs is 1. The Kier molecular flexibility index (Phi) is 3.96. The van der Waals surface area contributed by atoms with Gasteiger partial charge in [0.1, 0.15) is 5.60 Å². The third kappa shape index (κ3) is 3.21. The van der Waals surface area contributed by atoms with Crippen LogP contribution in [0.4, 0.5) is 4.79 Å². The normalized spacial score (nSPS) is 11.7. The number of para-hydroxylation sites is 1. The molecule has 0 spiro atoms. The molecule has 124 valence electrons. The molecule has 0 atom stereocenters. The number of nitrogens with zero attached hydrogens (tertiary/aromatic N) is 1. The van der Waals surface area contributed by atoms with E-state index < -0.39 is 5.60 Å². The van der Waals surface area contributed by atoms with Gasteiger partial charge in [0, 0.05) is 17.1 Å². The van der Waals surface area contributed by atoms with Crippen molar-refractivity contribution in [2.45, 2.75) is 40.2 Å². The van der Waals surface area contributed by atoms with Gasteiger partial charge >= 0.3 is 6.09 Å². The van der Waals surface area contributed by atoms with Crippen LogP contribution in [0.25, 0.3) is 22.0 Å². The number of rotatable bonds is 1. The predicted molar refractivity (Wildman–Crippen MR) is 98.5 cm³/mol. The Hall–Kier alpha value is -2.55. The third-order valence-corrected chi connectivity index (χ3v) is 3.83. The van der Waals surface area contributed by atoms with E-state index in [4.69, 9.17) is 4.74 Å². The van der Waals surface area contributed by atoms with Crippen molar-refractivity contribution < 1.29 is 9.53 Å². The third-order valence-electron chi connectivity index (χ3n) is 3.83. The van der Waals surface area contributed by atoms with Gasteiger partial charge in [-0.05, 0) is 46.2 Å². The van der Waals surface area contributed by atoms with Gasteiger partial charge in [0.15, 0.2) is 0 Å². The molecule has 3 nitrogen and oxygen atoms in total. The average molecular weight is 321 g/mol. The monoisotopic (exact) mass is 321 g/mol. The molecule has 3 rings (SSSR count). The Morgan fingerprint density at radius 2 is 1.62 bits per heavy atom. The first-order chi connectivity index (χ1) is 11.2. The van der Waals surface area contributed by atoms with Gasteiger partial charge < -0.3 is 4.74 Å². The van der Waals surface area contributed by atoms with Crippen LogP contribution >= 0.6 is 0 Å². The highest BCUT2D eigenvalue weighted by Gasteiger charge is 2.21. The first kappa shape index (κ1) is 16.3. The smallest absolute Gasteiger partial charge is 0.419 e. The number of carbonyl (C=O) groups is 1. The lowest BCUT2D eigenvalue weighted by atomic mass is 10.0.